The summed E-state index contributed by atoms with van der Waals surface area (Å²) in [6.07, 6.45) is 0.754. The number of anilines is 1. The molecule has 3 rings (SSSR count). The normalized spacial score (nSPS) is 14.3. The monoisotopic (exact) mass is 527 g/mol. The van der Waals surface area contributed by atoms with E-state index in [-0.39, 0.29) is 29.9 Å². The number of amides is 1. The number of guanidine groups is 1. The number of hydrogen-bond acceptors (Lipinski definition) is 3. The number of piperazine rings is 1. The Morgan fingerprint density at radius 2 is 1.69 bits per heavy atom. The molecule has 0 aliphatic carbocycles. The molecule has 2 aromatic rings. The number of carbonyl (C=O) groups excluding carboxylic acids is 1. The van der Waals surface area contributed by atoms with Crippen LogP contribution in [0.3, 0.4) is 0 Å². The molecular weight excluding hydrogens is 501 g/mol. The molecule has 1 heterocycles. The second-order valence-electron chi connectivity index (χ2n) is 6.67. The summed E-state index contributed by atoms with van der Waals surface area (Å²) >= 11 is 5.95. The summed E-state index contributed by atoms with van der Waals surface area (Å²) in [5.74, 6) is 0.515. The highest BCUT2D eigenvalue weighted by Gasteiger charge is 2.18. The molecule has 0 bridgehead atoms. The molecule has 0 unspecified atom stereocenters. The average Bonchev–Trinajstić information content (AvgIpc) is 2.74. The van der Waals surface area contributed by atoms with Gasteiger partial charge in [-0.25, -0.2) is 0 Å². The van der Waals surface area contributed by atoms with Crippen LogP contribution >= 0.6 is 35.6 Å². The molecule has 0 atom stereocenters. The van der Waals surface area contributed by atoms with Crippen LogP contribution in [0.25, 0.3) is 0 Å². The van der Waals surface area contributed by atoms with Gasteiger partial charge in [0.2, 0.25) is 0 Å². The lowest BCUT2D eigenvalue weighted by Crippen LogP contribution is -2.51. The maximum Gasteiger partial charge on any atom is 0.251 e. The second kappa shape index (κ2) is 11.9. The smallest absolute Gasteiger partial charge is 0.251 e. The van der Waals surface area contributed by atoms with Gasteiger partial charge in [-0.15, -0.1) is 24.0 Å². The molecule has 1 amide bonds. The minimum Gasteiger partial charge on any atom is -0.370 e. The highest BCUT2D eigenvalue weighted by atomic mass is 127. The van der Waals surface area contributed by atoms with Gasteiger partial charge in [-0.2, -0.15) is 0 Å². The van der Waals surface area contributed by atoms with Gasteiger partial charge < -0.3 is 20.9 Å². The fraction of sp³-hybridized carbons (Fsp3) is 0.333. The van der Waals surface area contributed by atoms with E-state index in [0.29, 0.717) is 24.6 Å². The highest BCUT2D eigenvalue weighted by molar-refractivity contribution is 14.0. The summed E-state index contributed by atoms with van der Waals surface area (Å²) < 4.78 is 0. The van der Waals surface area contributed by atoms with Gasteiger partial charge in [0.25, 0.3) is 5.91 Å². The van der Waals surface area contributed by atoms with Crippen LogP contribution in [0, 0.1) is 0 Å². The van der Waals surface area contributed by atoms with Gasteiger partial charge in [-0.3, -0.25) is 9.79 Å². The molecule has 1 aliphatic rings. The lowest BCUT2D eigenvalue weighted by Gasteiger charge is -2.36. The fourth-order valence-electron chi connectivity index (χ4n) is 3.11. The van der Waals surface area contributed by atoms with Gasteiger partial charge in [0, 0.05) is 55.5 Å². The third-order valence-electron chi connectivity index (χ3n) is 4.73. The van der Waals surface area contributed by atoms with Crippen LogP contribution < -0.4 is 16.0 Å². The maximum atomic E-state index is 12.0. The van der Waals surface area contributed by atoms with Crippen molar-refractivity contribution in [2.45, 2.75) is 6.42 Å². The van der Waals surface area contributed by atoms with Crippen molar-refractivity contribution >= 4 is 53.1 Å². The topological polar surface area (TPSA) is 74.0 Å². The molecule has 0 saturated carbocycles. The number of nitrogens with one attached hydrogen (secondary N) is 1. The Kier molecular flexibility index (Phi) is 9.53. The molecule has 0 aromatic heterocycles. The quantitative estimate of drug-likeness (QED) is 0.262. The Morgan fingerprint density at radius 1 is 1.03 bits per heavy atom. The molecule has 0 radical (unpaired) electrons. The molecule has 29 heavy (non-hydrogen) atoms. The van der Waals surface area contributed by atoms with Gasteiger partial charge >= 0.3 is 0 Å². The lowest BCUT2D eigenvalue weighted by molar-refractivity contribution is 0.0953. The van der Waals surface area contributed by atoms with Crippen LogP contribution in [-0.4, -0.2) is 56.0 Å². The number of nitrogens with zero attached hydrogens (tertiary/aromatic N) is 3. The number of benzene rings is 2. The Bertz CT molecular complexity index is 792. The predicted molar refractivity (Wildman–Crippen MR) is 131 cm³/mol. The van der Waals surface area contributed by atoms with Crippen LogP contribution in [0.15, 0.2) is 59.6 Å². The first-order valence-corrected chi connectivity index (χ1v) is 9.90. The van der Waals surface area contributed by atoms with E-state index in [1.165, 1.54) is 5.69 Å². The van der Waals surface area contributed by atoms with Crippen molar-refractivity contribution in [1.82, 2.24) is 10.2 Å². The van der Waals surface area contributed by atoms with Crippen molar-refractivity contribution in [3.63, 3.8) is 0 Å². The predicted octanol–water partition coefficient (Wildman–Crippen LogP) is 3.21. The number of aliphatic imine (C=N–C) groups is 1. The molecule has 1 saturated heterocycles. The molecular formula is C21H27ClIN5O. The fourth-order valence-corrected chi connectivity index (χ4v) is 3.24. The summed E-state index contributed by atoms with van der Waals surface area (Å²) in [6, 6.07) is 17.1. The van der Waals surface area contributed by atoms with Crippen LogP contribution in [0.5, 0.6) is 0 Å². The van der Waals surface area contributed by atoms with Crippen molar-refractivity contribution in [1.29, 1.82) is 0 Å². The van der Waals surface area contributed by atoms with Gasteiger partial charge in [-0.05, 0) is 42.8 Å². The summed E-state index contributed by atoms with van der Waals surface area (Å²) in [6.45, 7) is 4.63. The Labute approximate surface area is 194 Å². The van der Waals surface area contributed by atoms with E-state index in [1.54, 1.807) is 12.1 Å². The average molecular weight is 528 g/mol. The first-order chi connectivity index (χ1) is 13.6. The Morgan fingerprint density at radius 3 is 2.34 bits per heavy atom. The maximum absolute atomic E-state index is 12.0. The van der Waals surface area contributed by atoms with E-state index in [1.807, 2.05) is 42.5 Å². The second-order valence-corrected chi connectivity index (χ2v) is 7.10. The SMILES string of the molecule is I.NC(=NCCCNC(=O)c1ccccc1)N1CCN(c2ccc(Cl)cc2)CC1. The molecule has 3 N–H and O–H groups in total. The van der Waals surface area contributed by atoms with E-state index in [4.69, 9.17) is 17.3 Å². The standard InChI is InChI=1S/C21H26ClN5O.HI/c22-18-7-9-19(10-8-18)26-13-15-27(16-14-26)21(23)25-12-4-11-24-20(28)17-5-2-1-3-6-17;/h1-3,5-10H,4,11-16H2,(H2,23,25)(H,24,28);1H. The third kappa shape index (κ3) is 7.08. The molecule has 8 heteroatoms. The first-order valence-electron chi connectivity index (χ1n) is 9.52. The van der Waals surface area contributed by atoms with E-state index in [2.05, 4.69) is 20.1 Å². The molecule has 156 valence electrons. The van der Waals surface area contributed by atoms with E-state index in [0.717, 1.165) is 37.6 Å². The van der Waals surface area contributed by atoms with E-state index >= 15 is 0 Å². The molecule has 6 nitrogen and oxygen atoms in total. The number of rotatable bonds is 6. The van der Waals surface area contributed by atoms with Crippen molar-refractivity contribution in [2.75, 3.05) is 44.2 Å². The Balaban J connectivity index is 0.00000300. The van der Waals surface area contributed by atoms with Crippen LogP contribution in [0.4, 0.5) is 5.69 Å². The molecule has 0 spiro atoms. The summed E-state index contributed by atoms with van der Waals surface area (Å²) in [5, 5.41) is 3.65. The van der Waals surface area contributed by atoms with Gasteiger partial charge in [0.15, 0.2) is 5.96 Å². The molecule has 2 aromatic carbocycles. The lowest BCUT2D eigenvalue weighted by atomic mass is 10.2. The Hall–Kier alpha value is -2.00. The number of hydrogen-bond donors (Lipinski definition) is 2. The highest BCUT2D eigenvalue weighted by Crippen LogP contribution is 2.19. The zero-order valence-corrected chi connectivity index (χ0v) is 19.3. The van der Waals surface area contributed by atoms with Crippen LogP contribution in [-0.2, 0) is 0 Å². The number of carbonyl (C=O) groups is 1. The van der Waals surface area contributed by atoms with Gasteiger partial charge in [0.05, 0.1) is 0 Å². The number of halogens is 2. The minimum absolute atomic E-state index is 0. The van der Waals surface area contributed by atoms with Crippen molar-refractivity contribution in [3.05, 3.63) is 65.2 Å². The summed E-state index contributed by atoms with van der Waals surface area (Å²) in [7, 11) is 0. The third-order valence-corrected chi connectivity index (χ3v) is 4.98. The minimum atomic E-state index is -0.0594. The summed E-state index contributed by atoms with van der Waals surface area (Å²) in [4.78, 5) is 20.8. The van der Waals surface area contributed by atoms with E-state index in [9.17, 15) is 4.79 Å². The van der Waals surface area contributed by atoms with Crippen molar-refractivity contribution < 1.29 is 4.79 Å². The molecule has 1 fully saturated rings. The number of nitrogens with two attached hydrogens (primary N) is 1. The van der Waals surface area contributed by atoms with E-state index < -0.39 is 0 Å². The van der Waals surface area contributed by atoms with Crippen LogP contribution in [0.2, 0.25) is 5.02 Å². The molecule has 1 aliphatic heterocycles. The van der Waals surface area contributed by atoms with Gasteiger partial charge in [-0.1, -0.05) is 29.8 Å². The largest absolute Gasteiger partial charge is 0.370 e. The first kappa shape index (κ1) is 23.3. The van der Waals surface area contributed by atoms with Gasteiger partial charge in [0.1, 0.15) is 0 Å². The zero-order valence-electron chi connectivity index (χ0n) is 16.3. The van der Waals surface area contributed by atoms with Crippen LogP contribution in [0.1, 0.15) is 16.8 Å². The van der Waals surface area contributed by atoms with Crippen molar-refractivity contribution in [3.8, 4) is 0 Å². The zero-order chi connectivity index (χ0) is 19.8. The summed E-state index contributed by atoms with van der Waals surface area (Å²) in [5.41, 5.74) is 7.98. The van der Waals surface area contributed by atoms with Crippen molar-refractivity contribution in [2.24, 2.45) is 10.7 Å².